The molecule has 4 atom stereocenters. The number of carbonyl (C=O) groups is 2. The smallest absolute Gasteiger partial charge is 0.241 e. The second kappa shape index (κ2) is 3.84. The van der Waals surface area contributed by atoms with E-state index < -0.39 is 23.0 Å². The van der Waals surface area contributed by atoms with Crippen LogP contribution in [0.2, 0.25) is 0 Å². The molecule has 2 fully saturated rings. The molecule has 3 aliphatic rings. The number of carbonyl (C=O) groups excluding carboxylic acids is 2. The van der Waals surface area contributed by atoms with Gasteiger partial charge in [-0.2, -0.15) is 0 Å². The lowest BCUT2D eigenvalue weighted by molar-refractivity contribution is -0.128. The van der Waals surface area contributed by atoms with E-state index in [9.17, 15) is 9.59 Å². The van der Waals surface area contributed by atoms with Crippen LogP contribution in [0.3, 0.4) is 0 Å². The molecule has 2 bridgehead atoms. The molecule has 21 heavy (non-hydrogen) atoms. The SMILES string of the molecule is C[C@]12C=C[C@@](C)(O1)[C@H]1C(=O)N(c3cccc(Br)c3)C(=O)[C@H]12. The van der Waals surface area contributed by atoms with E-state index >= 15 is 0 Å². The number of imide groups is 1. The van der Waals surface area contributed by atoms with Gasteiger partial charge in [0.1, 0.15) is 0 Å². The van der Waals surface area contributed by atoms with Crippen LogP contribution in [-0.4, -0.2) is 23.0 Å². The van der Waals surface area contributed by atoms with Crippen LogP contribution < -0.4 is 4.90 Å². The fourth-order valence-corrected chi connectivity index (χ4v) is 4.29. The molecule has 3 heterocycles. The van der Waals surface area contributed by atoms with Gasteiger partial charge in [0.2, 0.25) is 11.8 Å². The van der Waals surface area contributed by atoms with Crippen LogP contribution in [0.25, 0.3) is 0 Å². The number of hydrogen-bond donors (Lipinski definition) is 0. The molecule has 108 valence electrons. The summed E-state index contributed by atoms with van der Waals surface area (Å²) in [7, 11) is 0. The summed E-state index contributed by atoms with van der Waals surface area (Å²) in [6.07, 6.45) is 3.84. The minimum Gasteiger partial charge on any atom is -0.359 e. The van der Waals surface area contributed by atoms with Crippen LogP contribution in [0.5, 0.6) is 0 Å². The van der Waals surface area contributed by atoms with Crippen molar-refractivity contribution >= 4 is 33.4 Å². The van der Waals surface area contributed by atoms with Crippen LogP contribution >= 0.6 is 15.9 Å². The molecule has 0 N–H and O–H groups in total. The number of ether oxygens (including phenoxy) is 1. The van der Waals surface area contributed by atoms with E-state index in [1.165, 1.54) is 4.90 Å². The minimum absolute atomic E-state index is 0.168. The highest BCUT2D eigenvalue weighted by Gasteiger charge is 2.70. The molecule has 2 amide bonds. The third kappa shape index (κ3) is 1.53. The molecular formula is C16H14BrNO3. The van der Waals surface area contributed by atoms with Gasteiger partial charge in [-0.25, -0.2) is 4.90 Å². The molecule has 0 saturated carbocycles. The summed E-state index contributed by atoms with van der Waals surface area (Å²) < 4.78 is 6.81. The van der Waals surface area contributed by atoms with Crippen molar-refractivity contribution < 1.29 is 14.3 Å². The Kier molecular flexibility index (Phi) is 2.42. The maximum atomic E-state index is 12.8. The lowest BCUT2D eigenvalue weighted by Crippen LogP contribution is -2.39. The summed E-state index contributed by atoms with van der Waals surface area (Å²) in [4.78, 5) is 27.0. The quantitative estimate of drug-likeness (QED) is 0.579. The first-order chi connectivity index (χ1) is 9.86. The monoisotopic (exact) mass is 347 g/mol. The predicted octanol–water partition coefficient (Wildman–Crippen LogP) is 2.67. The van der Waals surface area contributed by atoms with E-state index in [2.05, 4.69) is 15.9 Å². The van der Waals surface area contributed by atoms with Crippen LogP contribution in [0.4, 0.5) is 5.69 Å². The van der Waals surface area contributed by atoms with E-state index in [0.717, 1.165) is 4.47 Å². The van der Waals surface area contributed by atoms with Gasteiger partial charge in [-0.05, 0) is 32.0 Å². The Balaban J connectivity index is 1.82. The normalized spacial score (nSPS) is 40.2. The Labute approximate surface area is 130 Å². The zero-order chi connectivity index (χ0) is 15.0. The van der Waals surface area contributed by atoms with Gasteiger partial charge in [0.25, 0.3) is 0 Å². The Morgan fingerprint density at radius 1 is 1.10 bits per heavy atom. The maximum Gasteiger partial charge on any atom is 0.241 e. The van der Waals surface area contributed by atoms with Crippen molar-refractivity contribution in [2.75, 3.05) is 4.90 Å². The molecule has 4 nitrogen and oxygen atoms in total. The Morgan fingerprint density at radius 3 is 2.19 bits per heavy atom. The predicted molar refractivity (Wildman–Crippen MR) is 80.7 cm³/mol. The molecule has 0 aromatic heterocycles. The Hall–Kier alpha value is -1.46. The largest absolute Gasteiger partial charge is 0.359 e. The summed E-state index contributed by atoms with van der Waals surface area (Å²) >= 11 is 3.38. The Bertz CT molecular complexity index is 679. The summed E-state index contributed by atoms with van der Waals surface area (Å²) in [5, 5.41) is 0. The highest BCUT2D eigenvalue weighted by atomic mass is 79.9. The first kappa shape index (κ1) is 13.2. The molecule has 4 rings (SSSR count). The number of rotatable bonds is 1. The fourth-order valence-electron chi connectivity index (χ4n) is 3.90. The summed E-state index contributed by atoms with van der Waals surface area (Å²) in [6, 6.07) is 7.26. The van der Waals surface area contributed by atoms with E-state index in [0.29, 0.717) is 5.69 Å². The van der Waals surface area contributed by atoms with E-state index in [4.69, 9.17) is 4.74 Å². The van der Waals surface area contributed by atoms with Gasteiger partial charge in [0.15, 0.2) is 0 Å². The van der Waals surface area contributed by atoms with Crippen LogP contribution in [-0.2, 0) is 14.3 Å². The van der Waals surface area contributed by atoms with Crippen molar-refractivity contribution in [2.45, 2.75) is 25.0 Å². The third-order valence-corrected chi connectivity index (χ3v) is 5.29. The molecule has 5 heteroatoms. The third-order valence-electron chi connectivity index (χ3n) is 4.79. The molecule has 0 unspecified atom stereocenters. The topological polar surface area (TPSA) is 46.6 Å². The maximum absolute atomic E-state index is 12.8. The van der Waals surface area contributed by atoms with E-state index in [1.807, 2.05) is 38.1 Å². The second-order valence-corrected chi connectivity index (χ2v) is 7.17. The second-order valence-electron chi connectivity index (χ2n) is 6.25. The highest BCUT2D eigenvalue weighted by Crippen LogP contribution is 2.57. The molecule has 3 aliphatic heterocycles. The molecule has 1 aromatic carbocycles. The van der Waals surface area contributed by atoms with Gasteiger partial charge < -0.3 is 4.74 Å². The van der Waals surface area contributed by atoms with Crippen molar-refractivity contribution in [3.63, 3.8) is 0 Å². The zero-order valence-electron chi connectivity index (χ0n) is 11.7. The van der Waals surface area contributed by atoms with Crippen LogP contribution in [0.15, 0.2) is 40.9 Å². The number of amides is 2. The highest BCUT2D eigenvalue weighted by molar-refractivity contribution is 9.10. The standard InChI is InChI=1S/C16H14BrNO3/c1-15-6-7-16(2,21-15)12-11(15)13(19)18(14(12)20)10-5-3-4-9(17)8-10/h3-8,11-12H,1-2H3/t11-,12+,15-,16-/m1/s1. The van der Waals surface area contributed by atoms with Gasteiger partial charge in [-0.1, -0.05) is 34.1 Å². The first-order valence-electron chi connectivity index (χ1n) is 6.90. The van der Waals surface area contributed by atoms with Crippen molar-refractivity contribution in [1.29, 1.82) is 0 Å². The zero-order valence-corrected chi connectivity index (χ0v) is 13.3. The number of anilines is 1. The van der Waals surface area contributed by atoms with Gasteiger partial charge in [0, 0.05) is 4.47 Å². The number of benzene rings is 1. The summed E-state index contributed by atoms with van der Waals surface area (Å²) in [5.41, 5.74) is -0.736. The van der Waals surface area contributed by atoms with Crippen molar-refractivity contribution in [1.82, 2.24) is 0 Å². The lowest BCUT2D eigenvalue weighted by Gasteiger charge is -2.25. The molecule has 0 radical (unpaired) electrons. The average molecular weight is 348 g/mol. The van der Waals surface area contributed by atoms with Crippen molar-refractivity contribution in [3.05, 3.63) is 40.9 Å². The number of halogens is 1. The number of nitrogens with zero attached hydrogens (tertiary/aromatic N) is 1. The Morgan fingerprint density at radius 2 is 1.67 bits per heavy atom. The lowest BCUT2D eigenvalue weighted by atomic mass is 9.73. The van der Waals surface area contributed by atoms with Gasteiger partial charge in [-0.3, -0.25) is 9.59 Å². The summed E-state index contributed by atoms with van der Waals surface area (Å²) in [5.74, 6) is -1.20. The van der Waals surface area contributed by atoms with Gasteiger partial charge in [-0.15, -0.1) is 0 Å². The molecule has 2 saturated heterocycles. The van der Waals surface area contributed by atoms with E-state index in [-0.39, 0.29) is 11.8 Å². The number of fused-ring (bicyclic) bond motifs is 5. The molecule has 0 aliphatic carbocycles. The fraction of sp³-hybridized carbons (Fsp3) is 0.375. The molecular weight excluding hydrogens is 334 g/mol. The molecule has 0 spiro atoms. The van der Waals surface area contributed by atoms with E-state index in [1.54, 1.807) is 12.1 Å². The number of hydrogen-bond acceptors (Lipinski definition) is 3. The first-order valence-corrected chi connectivity index (χ1v) is 7.69. The van der Waals surface area contributed by atoms with Crippen molar-refractivity contribution in [3.8, 4) is 0 Å². The summed E-state index contributed by atoms with van der Waals surface area (Å²) in [6.45, 7) is 3.77. The van der Waals surface area contributed by atoms with Crippen LogP contribution in [0, 0.1) is 11.8 Å². The van der Waals surface area contributed by atoms with Gasteiger partial charge >= 0.3 is 0 Å². The average Bonchev–Trinajstić information content (AvgIpc) is 2.95. The van der Waals surface area contributed by atoms with Crippen LogP contribution in [0.1, 0.15) is 13.8 Å². The minimum atomic E-state index is -0.674. The van der Waals surface area contributed by atoms with Gasteiger partial charge in [0.05, 0.1) is 28.7 Å². The molecule has 1 aromatic rings. The van der Waals surface area contributed by atoms with Crippen molar-refractivity contribution in [2.24, 2.45) is 11.8 Å².